The number of azide groups is 2. The van der Waals surface area contributed by atoms with Gasteiger partial charge in [0, 0.05) is 62.2 Å². The van der Waals surface area contributed by atoms with E-state index in [0.717, 1.165) is 44.5 Å². The smallest absolute Gasteiger partial charge is 0.410 e. The van der Waals surface area contributed by atoms with Gasteiger partial charge in [-0.1, -0.05) is 243 Å². The lowest BCUT2D eigenvalue weighted by Gasteiger charge is -2.42. The molecule has 8 aromatic rings. The number of hydrogen-bond donors (Lipinski definition) is 2. The van der Waals surface area contributed by atoms with E-state index in [1.165, 1.54) is 13.3 Å². The Morgan fingerprint density at radius 2 is 0.728 bits per heavy atom. The Balaban J connectivity index is 0.000000185. The molecule has 4 aliphatic rings. The lowest BCUT2D eigenvalue weighted by molar-refractivity contribution is -0.145. The Morgan fingerprint density at radius 1 is 0.439 bits per heavy atom. The minimum absolute atomic E-state index is 0.206. The number of isocyanates is 1. The highest BCUT2D eigenvalue weighted by Crippen LogP contribution is 2.41. The maximum absolute atomic E-state index is 12.6. The zero-order valence-electron chi connectivity index (χ0n) is 64.8. The molecule has 6 amide bonds. The highest BCUT2D eigenvalue weighted by Gasteiger charge is 2.46. The van der Waals surface area contributed by atoms with Crippen LogP contribution in [-0.4, -0.2) is 144 Å². The van der Waals surface area contributed by atoms with Crippen LogP contribution >= 0.6 is 7.29 Å². The van der Waals surface area contributed by atoms with Gasteiger partial charge in [0.15, 0.2) is 7.29 Å². The van der Waals surface area contributed by atoms with Gasteiger partial charge in [-0.2, -0.15) is 4.99 Å². The number of ether oxygens (including phenoxy) is 5. The van der Waals surface area contributed by atoms with Crippen LogP contribution in [0, 0.1) is 0 Å². The van der Waals surface area contributed by atoms with E-state index in [9.17, 15) is 48.0 Å². The number of nitrogens with one attached hydrogen (secondary N) is 1. The molecule has 28 heteroatoms. The van der Waals surface area contributed by atoms with E-state index in [4.69, 9.17) is 34.7 Å². The minimum Gasteiger partial charge on any atom is -0.481 e. The number of alkyl carbamates (subject to hydrolysis) is 1. The third kappa shape index (κ3) is 26.0. The summed E-state index contributed by atoms with van der Waals surface area (Å²) in [6, 6.07) is 76.2. The van der Waals surface area contributed by atoms with Crippen molar-refractivity contribution in [3.8, 4) is 0 Å². The average molecular weight is 1570 g/mol. The van der Waals surface area contributed by atoms with Gasteiger partial charge in [-0.3, -0.25) is 9.59 Å². The summed E-state index contributed by atoms with van der Waals surface area (Å²) in [5.74, 6) is -1.34. The van der Waals surface area contributed by atoms with Crippen LogP contribution in [0.25, 0.3) is 20.9 Å². The number of rotatable bonds is 17. The minimum atomic E-state index is -2.46. The molecule has 0 unspecified atom stereocenters. The van der Waals surface area contributed by atoms with Gasteiger partial charge in [0.05, 0.1) is 16.4 Å². The summed E-state index contributed by atoms with van der Waals surface area (Å²) < 4.78 is 37.4. The van der Waals surface area contributed by atoms with Gasteiger partial charge in [0.2, 0.25) is 12.0 Å². The van der Waals surface area contributed by atoms with Crippen LogP contribution in [-0.2, 0) is 91.0 Å². The number of carbonyl (C=O) groups excluding carboxylic acids is 7. The first-order valence-corrected chi connectivity index (χ1v) is 40.0. The predicted molar refractivity (Wildman–Crippen MR) is 430 cm³/mol. The number of amides is 6. The van der Waals surface area contributed by atoms with Crippen molar-refractivity contribution in [1.29, 1.82) is 0 Å². The maximum atomic E-state index is 12.6. The molecule has 4 aliphatic heterocycles. The van der Waals surface area contributed by atoms with Gasteiger partial charge in [-0.05, 0) is 151 Å². The molecule has 0 bridgehead atoms. The average Bonchev–Trinajstić information content (AvgIpc) is 0.871. The van der Waals surface area contributed by atoms with Crippen LogP contribution < -0.4 is 5.32 Å². The summed E-state index contributed by atoms with van der Waals surface area (Å²) in [6.07, 6.45) is 3.63. The second-order valence-corrected chi connectivity index (χ2v) is 31.7. The van der Waals surface area contributed by atoms with Crippen molar-refractivity contribution in [2.75, 3.05) is 65.7 Å². The van der Waals surface area contributed by atoms with Crippen molar-refractivity contribution >= 4 is 55.7 Å². The molecule has 0 saturated carbocycles. The summed E-state index contributed by atoms with van der Waals surface area (Å²) >= 11 is 0. The summed E-state index contributed by atoms with van der Waals surface area (Å²) in [5, 5.41) is 16.2. The fraction of sp³-hybridized carbons (Fsp3) is 0.349. The quantitative estimate of drug-likeness (QED) is 0.0163. The lowest BCUT2D eigenvalue weighted by atomic mass is 9.72. The second kappa shape index (κ2) is 42.8. The largest absolute Gasteiger partial charge is 0.481 e. The molecule has 596 valence electrons. The van der Waals surface area contributed by atoms with Gasteiger partial charge in [0.1, 0.15) is 37.6 Å². The molecule has 0 spiro atoms. The number of aliphatic imine (C=N–C) groups is 1. The van der Waals surface area contributed by atoms with Crippen molar-refractivity contribution in [3.05, 3.63) is 308 Å². The SMILES string of the molecule is CC(C)(C)OC(=O)NC1(c2ccccc2)CCN(C(=O)OCc2ccccc2)CC1.CP(C)(=O)N=[N+]=[N-].O=C(OCc1ccccc1)N1CCC(C(=O)O)(c2ccccc2)CC1.O=C=NC1(c2ccccc2)CCN(C(=O)OCc2ccccc2)CC1.[N-]=[N+]=NC(=O)C1(c2ccccc2)CCN(C(=O)OCc2ccccc2)CC1. The predicted octanol–water partition coefficient (Wildman–Crippen LogP) is 18.0. The second-order valence-electron chi connectivity index (χ2n) is 29.0. The Hall–Kier alpha value is -12.5. The molecule has 0 aliphatic carbocycles. The van der Waals surface area contributed by atoms with Gasteiger partial charge in [0.25, 0.3) is 0 Å². The van der Waals surface area contributed by atoms with Gasteiger partial charge in [-0.15, -0.1) is 0 Å². The van der Waals surface area contributed by atoms with E-state index in [1.54, 1.807) is 25.7 Å². The number of nitrogens with zero attached hydrogens (tertiary/aromatic N) is 11. The van der Waals surface area contributed by atoms with Crippen LogP contribution in [0.4, 0.5) is 24.0 Å². The normalized spacial score (nSPS) is 15.5. The van der Waals surface area contributed by atoms with Crippen molar-refractivity contribution in [3.63, 3.8) is 0 Å². The topological polar surface area (TPSA) is 355 Å². The number of aliphatic carboxylic acids is 1. The molecule has 114 heavy (non-hydrogen) atoms. The molecule has 27 nitrogen and oxygen atoms in total. The molecule has 2 N–H and O–H groups in total. The molecule has 0 atom stereocenters. The molecule has 4 heterocycles. The fourth-order valence-corrected chi connectivity index (χ4v) is 13.7. The highest BCUT2D eigenvalue weighted by atomic mass is 31.2. The number of carboxylic acids is 1. The Kier molecular flexibility index (Phi) is 32.7. The molecular formula is C86H97N12O15P. The first-order chi connectivity index (χ1) is 54.8. The zero-order chi connectivity index (χ0) is 81.9. The molecule has 0 radical (unpaired) electrons. The number of carboxylic acid groups (broad SMARTS) is 1. The van der Waals surface area contributed by atoms with Crippen LogP contribution in [0.5, 0.6) is 0 Å². The number of piperidine rings is 4. The van der Waals surface area contributed by atoms with E-state index in [2.05, 4.69) is 30.1 Å². The number of carbonyl (C=O) groups is 7. The highest BCUT2D eigenvalue weighted by molar-refractivity contribution is 7.60. The van der Waals surface area contributed by atoms with Crippen molar-refractivity contribution < 1.29 is 71.7 Å². The third-order valence-electron chi connectivity index (χ3n) is 19.8. The Bertz CT molecular complexity index is 4480. The van der Waals surface area contributed by atoms with Crippen molar-refractivity contribution in [1.82, 2.24) is 24.9 Å². The summed E-state index contributed by atoms with van der Waals surface area (Å²) in [6.45, 7) is 12.7. The first-order valence-electron chi connectivity index (χ1n) is 37.4. The first kappa shape index (κ1) is 87.1. The van der Waals surface area contributed by atoms with E-state index in [-0.39, 0.29) is 38.6 Å². The van der Waals surface area contributed by atoms with Crippen molar-refractivity contribution in [2.24, 2.45) is 15.0 Å². The number of benzene rings is 8. The molecular weight excluding hydrogens is 1470 g/mol. The third-order valence-corrected chi connectivity index (χ3v) is 20.3. The summed E-state index contributed by atoms with van der Waals surface area (Å²) in [5.41, 5.74) is 20.1. The van der Waals surface area contributed by atoms with E-state index in [0.29, 0.717) is 104 Å². The molecule has 12 rings (SSSR count). The fourth-order valence-electron chi connectivity index (χ4n) is 13.6. The number of hydrogen-bond acceptors (Lipinski definition) is 15. The maximum Gasteiger partial charge on any atom is 0.410 e. The van der Waals surface area contributed by atoms with Gasteiger partial charge >= 0.3 is 36.4 Å². The lowest BCUT2D eigenvalue weighted by Crippen LogP contribution is -2.54. The molecule has 4 saturated heterocycles. The van der Waals surface area contributed by atoms with Gasteiger partial charge in [-0.25, -0.2) is 28.8 Å². The van der Waals surface area contributed by atoms with Gasteiger partial charge < -0.3 is 58.3 Å². The summed E-state index contributed by atoms with van der Waals surface area (Å²) in [7, 11) is -2.46. The number of likely N-dealkylation sites (tertiary alicyclic amines) is 4. The summed E-state index contributed by atoms with van der Waals surface area (Å²) in [4.78, 5) is 116. The van der Waals surface area contributed by atoms with Crippen LogP contribution in [0.3, 0.4) is 0 Å². The van der Waals surface area contributed by atoms with Crippen molar-refractivity contribution in [2.45, 2.75) is 126 Å². The van der Waals surface area contributed by atoms with E-state index < -0.39 is 65.0 Å². The Morgan fingerprint density at radius 3 is 1.02 bits per heavy atom. The van der Waals surface area contributed by atoms with Crippen LogP contribution in [0.1, 0.15) is 117 Å². The Labute approximate surface area is 663 Å². The standard InChI is InChI=1S/C24H30N2O4.C20H20N4O3.C20H20N2O3.C20H21NO4.C2H6N3OP/c1-23(2,3)30-21(27)25-24(20-12-8-5-9-13-20)14-16-26(17-15-24)22(28)29-18-19-10-6-4-7-11-19;21-23-22-18(25)20(17-9-5-2-6-10-17)11-13-24(14-12-20)19(26)27-15-16-7-3-1-4-8-16;23-16-21-20(18-9-5-2-6-10-18)11-13-22(14-12-20)19(24)25-15-17-7-3-1-4-8-17;22-18(23)20(17-9-5-2-6-10-17)11-13-21(14-12-20)19(24)25-15-16-7-3-1-4-8-16;1-7(2,6)5-4-3/h4-13H,14-18H2,1-3H3,(H,25,27);1-10H,11-15H2;1-10H,11-15H2;1-10H,11-15H2,(H,22,23);1-2H3. The van der Waals surface area contributed by atoms with E-state index in [1.807, 2.05) is 263 Å². The van der Waals surface area contributed by atoms with Crippen LogP contribution in [0.2, 0.25) is 0 Å². The van der Waals surface area contributed by atoms with Crippen LogP contribution in [0.15, 0.2) is 258 Å². The molecule has 8 aromatic carbocycles. The monoisotopic (exact) mass is 1570 g/mol. The zero-order valence-corrected chi connectivity index (χ0v) is 65.7. The van der Waals surface area contributed by atoms with E-state index >= 15 is 0 Å². The molecule has 4 fully saturated rings. The molecule has 0 aromatic heterocycles.